The molecule has 0 unspecified atom stereocenters. The first kappa shape index (κ1) is 28.3. The van der Waals surface area contributed by atoms with Gasteiger partial charge in [-0.1, -0.05) is 67.1 Å². The van der Waals surface area contributed by atoms with E-state index < -0.39 is 0 Å². The Morgan fingerprint density at radius 1 is 0.976 bits per heavy atom. The first-order chi connectivity index (χ1) is 20.6. The number of piperazine rings is 1. The highest BCUT2D eigenvalue weighted by molar-refractivity contribution is 8.18. The molecule has 214 valence electrons. The fourth-order valence-corrected chi connectivity index (χ4v) is 6.21. The lowest BCUT2D eigenvalue weighted by Gasteiger charge is -2.35. The number of amides is 1. The van der Waals surface area contributed by atoms with Crippen molar-refractivity contribution in [2.45, 2.75) is 19.9 Å². The van der Waals surface area contributed by atoms with E-state index in [2.05, 4.69) is 46.0 Å². The van der Waals surface area contributed by atoms with Crippen LogP contribution in [0.4, 0.5) is 0 Å². The number of halogens is 1. The van der Waals surface area contributed by atoms with Crippen LogP contribution in [0, 0.1) is 0 Å². The second-order valence-corrected chi connectivity index (χ2v) is 11.7. The number of amidine groups is 1. The van der Waals surface area contributed by atoms with E-state index in [1.165, 1.54) is 17.3 Å². The number of hydrogen-bond acceptors (Lipinski definition) is 6. The van der Waals surface area contributed by atoms with E-state index in [0.29, 0.717) is 22.3 Å². The molecule has 1 saturated heterocycles. The Bertz CT molecular complexity index is 1610. The highest BCUT2D eigenvalue weighted by atomic mass is 35.5. The smallest absolute Gasteiger partial charge is 0.286 e. The van der Waals surface area contributed by atoms with Crippen LogP contribution in [-0.2, 0) is 11.3 Å². The number of rotatable bonds is 8. The topological polar surface area (TPSA) is 63.0 Å². The molecule has 0 atom stereocenters. The second kappa shape index (κ2) is 13.0. The van der Waals surface area contributed by atoms with Gasteiger partial charge in [0.2, 0.25) is 0 Å². The van der Waals surface area contributed by atoms with E-state index in [0.717, 1.165) is 66.8 Å². The summed E-state index contributed by atoms with van der Waals surface area (Å²) in [6.07, 6.45) is 4.74. The molecule has 1 fully saturated rings. The minimum atomic E-state index is -0.221. The number of benzene rings is 3. The standard InChI is InChI=1S/C33H32ClN5O2S/c1-2-19-41-29-14-13-25(20-28(29)34)31-26(23-39(36-31)27-11-7-4-8-12-27)21-30-32(40)35-33(42-30)38-17-15-37(16-18-38)22-24-9-5-3-6-10-24/h3-14,20-21,23H,2,15-19,22H2,1H3/b30-21-. The minimum Gasteiger partial charge on any atom is -0.492 e. The summed E-state index contributed by atoms with van der Waals surface area (Å²) in [5.74, 6) is 0.426. The molecule has 0 radical (unpaired) electrons. The normalized spacial score (nSPS) is 16.7. The van der Waals surface area contributed by atoms with Crippen LogP contribution in [0.15, 0.2) is 95.0 Å². The molecule has 2 aliphatic heterocycles. The Labute approximate surface area is 255 Å². The van der Waals surface area contributed by atoms with Crippen LogP contribution in [0.1, 0.15) is 24.5 Å². The van der Waals surface area contributed by atoms with E-state index in [-0.39, 0.29) is 5.91 Å². The third kappa shape index (κ3) is 6.46. The summed E-state index contributed by atoms with van der Waals surface area (Å²) in [4.78, 5) is 22.8. The zero-order valence-corrected chi connectivity index (χ0v) is 25.0. The fraction of sp³-hybridized carbons (Fsp3) is 0.242. The van der Waals surface area contributed by atoms with E-state index in [1.54, 1.807) is 0 Å². The average Bonchev–Trinajstić information content (AvgIpc) is 3.61. The molecule has 3 heterocycles. The van der Waals surface area contributed by atoms with E-state index in [1.807, 2.05) is 71.6 Å². The van der Waals surface area contributed by atoms with Crippen LogP contribution in [0.2, 0.25) is 5.02 Å². The molecular formula is C33H32ClN5O2S. The zero-order valence-electron chi connectivity index (χ0n) is 23.4. The van der Waals surface area contributed by atoms with Crippen molar-refractivity contribution in [3.63, 3.8) is 0 Å². The van der Waals surface area contributed by atoms with Gasteiger partial charge in [-0.05, 0) is 60.2 Å². The Morgan fingerprint density at radius 2 is 1.71 bits per heavy atom. The van der Waals surface area contributed by atoms with Crippen LogP contribution < -0.4 is 4.74 Å². The first-order valence-corrected chi connectivity index (χ1v) is 15.4. The van der Waals surface area contributed by atoms with Crippen molar-refractivity contribution in [2.24, 2.45) is 4.99 Å². The Kier molecular flexibility index (Phi) is 8.74. The van der Waals surface area contributed by atoms with E-state index in [4.69, 9.17) is 21.4 Å². The van der Waals surface area contributed by atoms with Crippen LogP contribution in [-0.4, -0.2) is 63.4 Å². The summed E-state index contributed by atoms with van der Waals surface area (Å²) in [5.41, 5.74) is 4.63. The van der Waals surface area contributed by atoms with Gasteiger partial charge >= 0.3 is 0 Å². The minimum absolute atomic E-state index is 0.221. The predicted octanol–water partition coefficient (Wildman–Crippen LogP) is 6.77. The summed E-state index contributed by atoms with van der Waals surface area (Å²) in [6.45, 7) is 7.11. The maximum absolute atomic E-state index is 13.1. The molecule has 3 aromatic carbocycles. The lowest BCUT2D eigenvalue weighted by molar-refractivity contribution is -0.113. The largest absolute Gasteiger partial charge is 0.492 e. The van der Waals surface area contributed by atoms with Crippen LogP contribution >= 0.6 is 23.4 Å². The van der Waals surface area contributed by atoms with Gasteiger partial charge in [-0.25, -0.2) is 4.68 Å². The van der Waals surface area contributed by atoms with Crippen molar-refractivity contribution < 1.29 is 9.53 Å². The summed E-state index contributed by atoms with van der Waals surface area (Å²) in [6, 6.07) is 26.1. The Morgan fingerprint density at radius 3 is 2.43 bits per heavy atom. The van der Waals surface area contributed by atoms with Crippen molar-refractivity contribution in [3.05, 3.63) is 106 Å². The van der Waals surface area contributed by atoms with Gasteiger partial charge < -0.3 is 9.64 Å². The van der Waals surface area contributed by atoms with Gasteiger partial charge in [0.05, 0.1) is 22.2 Å². The maximum atomic E-state index is 13.1. The monoisotopic (exact) mass is 597 g/mol. The van der Waals surface area contributed by atoms with Crippen LogP contribution in [0.5, 0.6) is 5.75 Å². The number of aromatic nitrogens is 2. The third-order valence-electron chi connectivity index (χ3n) is 7.22. The molecule has 9 heteroatoms. The van der Waals surface area contributed by atoms with Gasteiger partial charge in [0, 0.05) is 50.0 Å². The van der Waals surface area contributed by atoms with Crippen molar-refractivity contribution in [3.8, 4) is 22.7 Å². The zero-order chi connectivity index (χ0) is 28.9. The molecule has 0 aliphatic carbocycles. The van der Waals surface area contributed by atoms with Crippen molar-refractivity contribution in [1.29, 1.82) is 0 Å². The number of carbonyl (C=O) groups is 1. The molecular weight excluding hydrogens is 566 g/mol. The molecule has 4 aromatic rings. The highest BCUT2D eigenvalue weighted by Crippen LogP contribution is 2.36. The third-order valence-corrected chi connectivity index (χ3v) is 8.56. The number of thioether (sulfide) groups is 1. The molecule has 0 saturated carbocycles. The van der Waals surface area contributed by atoms with Gasteiger partial charge in [-0.15, -0.1) is 0 Å². The van der Waals surface area contributed by atoms with Crippen molar-refractivity contribution >= 4 is 40.5 Å². The molecule has 0 bridgehead atoms. The van der Waals surface area contributed by atoms with Gasteiger partial charge in [0.15, 0.2) is 5.17 Å². The molecule has 7 nitrogen and oxygen atoms in total. The molecule has 0 spiro atoms. The van der Waals surface area contributed by atoms with Crippen LogP contribution in [0.3, 0.4) is 0 Å². The number of para-hydroxylation sites is 1. The summed E-state index contributed by atoms with van der Waals surface area (Å²) < 4.78 is 7.60. The molecule has 2 aliphatic rings. The molecule has 0 N–H and O–H groups in total. The Hall–Kier alpha value is -3.85. The summed E-state index contributed by atoms with van der Waals surface area (Å²) in [7, 11) is 0. The fourth-order valence-electron chi connectivity index (χ4n) is 5.02. The van der Waals surface area contributed by atoms with Crippen LogP contribution in [0.25, 0.3) is 23.0 Å². The van der Waals surface area contributed by atoms with Gasteiger partial charge in [0.1, 0.15) is 11.4 Å². The lowest BCUT2D eigenvalue weighted by atomic mass is 10.1. The quantitative estimate of drug-likeness (QED) is 0.209. The van der Waals surface area contributed by atoms with E-state index >= 15 is 0 Å². The molecule has 42 heavy (non-hydrogen) atoms. The number of hydrogen-bond donors (Lipinski definition) is 0. The lowest BCUT2D eigenvalue weighted by Crippen LogP contribution is -2.47. The van der Waals surface area contributed by atoms with Crippen molar-refractivity contribution in [1.82, 2.24) is 19.6 Å². The average molecular weight is 598 g/mol. The van der Waals surface area contributed by atoms with E-state index in [9.17, 15) is 4.79 Å². The number of ether oxygens (including phenoxy) is 1. The second-order valence-electron chi connectivity index (χ2n) is 10.3. The predicted molar refractivity (Wildman–Crippen MR) is 171 cm³/mol. The highest BCUT2D eigenvalue weighted by Gasteiger charge is 2.29. The molecule has 6 rings (SSSR count). The first-order valence-electron chi connectivity index (χ1n) is 14.2. The summed E-state index contributed by atoms with van der Waals surface area (Å²) >= 11 is 8.02. The van der Waals surface area contributed by atoms with Crippen molar-refractivity contribution in [2.75, 3.05) is 32.8 Å². The Balaban J connectivity index is 1.22. The molecule has 1 amide bonds. The van der Waals surface area contributed by atoms with Gasteiger partial charge in [-0.3, -0.25) is 9.69 Å². The number of carbonyl (C=O) groups excluding carboxylic acids is 1. The SMILES string of the molecule is CCCOc1ccc(-c2nn(-c3ccccc3)cc2/C=C2\SC(N3CCN(Cc4ccccc4)CC3)=NC2=O)cc1Cl. The number of aliphatic imine (C=N–C) groups is 1. The van der Waals surface area contributed by atoms with Gasteiger partial charge in [0.25, 0.3) is 5.91 Å². The molecule has 1 aromatic heterocycles. The maximum Gasteiger partial charge on any atom is 0.286 e. The summed E-state index contributed by atoms with van der Waals surface area (Å²) in [5, 5.41) is 6.19. The van der Waals surface area contributed by atoms with Gasteiger partial charge in [-0.2, -0.15) is 10.1 Å². The number of nitrogens with zero attached hydrogens (tertiary/aromatic N) is 5.